The van der Waals surface area contributed by atoms with Crippen LogP contribution in [0, 0.1) is 5.92 Å². The van der Waals surface area contributed by atoms with E-state index in [0.717, 1.165) is 55.4 Å². The van der Waals surface area contributed by atoms with Gasteiger partial charge in [-0.05, 0) is 113 Å². The lowest BCUT2D eigenvalue weighted by Gasteiger charge is -2.34. The minimum absolute atomic E-state index is 0.113. The highest BCUT2D eigenvalue weighted by Crippen LogP contribution is 2.34. The molecule has 14 heteroatoms. The molecule has 3 fully saturated rings. The normalized spacial score (nSPS) is 19.7. The average molecular weight is 722 g/mol. The number of amides is 4. The number of nitrogens with one attached hydrogen (secondary N) is 2. The summed E-state index contributed by atoms with van der Waals surface area (Å²) in [6, 6.07) is 13.2. The van der Waals surface area contributed by atoms with E-state index in [1.54, 1.807) is 17.0 Å². The van der Waals surface area contributed by atoms with Crippen molar-refractivity contribution in [3.05, 3.63) is 53.6 Å². The molecule has 3 aromatic rings. The van der Waals surface area contributed by atoms with Crippen LogP contribution in [-0.2, 0) is 33.0 Å². The number of fused-ring (bicyclic) bond motifs is 1. The van der Waals surface area contributed by atoms with Crippen LogP contribution in [0.3, 0.4) is 0 Å². The first-order valence-corrected chi connectivity index (χ1v) is 19.5. The Hall–Kier alpha value is -4.01. The Morgan fingerprint density at radius 1 is 1.00 bits per heavy atom. The molecule has 1 atom stereocenters. The SMILES string of the molecule is CC(Cc1ccc(S(=O)(=O)N2CCC(NC(=O)OC(C)(C)C)CC2)cc1)CN1CCC(c2ccc3c(N4CCC(=O)NC4=O)nn(C)c3c2)CC1. The molecule has 0 saturated carbocycles. The van der Waals surface area contributed by atoms with Crippen molar-refractivity contribution >= 4 is 44.8 Å². The van der Waals surface area contributed by atoms with Crippen LogP contribution in [0.25, 0.3) is 10.9 Å². The fourth-order valence-corrected chi connectivity index (χ4v) is 8.96. The monoisotopic (exact) mass is 721 g/mol. The average Bonchev–Trinajstić information content (AvgIpc) is 3.39. The zero-order valence-electron chi connectivity index (χ0n) is 30.4. The minimum atomic E-state index is -3.61. The summed E-state index contributed by atoms with van der Waals surface area (Å²) in [5.74, 6) is 1.17. The number of likely N-dealkylation sites (tertiary alicyclic amines) is 1. The van der Waals surface area contributed by atoms with E-state index in [9.17, 15) is 22.8 Å². The van der Waals surface area contributed by atoms with Crippen molar-refractivity contribution in [1.29, 1.82) is 0 Å². The number of imide groups is 1. The summed E-state index contributed by atoms with van der Waals surface area (Å²) in [5, 5.41) is 10.8. The smallest absolute Gasteiger partial charge is 0.407 e. The van der Waals surface area contributed by atoms with Crippen LogP contribution in [0.4, 0.5) is 15.4 Å². The van der Waals surface area contributed by atoms with Crippen molar-refractivity contribution in [1.82, 2.24) is 29.6 Å². The number of anilines is 1. The molecule has 13 nitrogen and oxygen atoms in total. The van der Waals surface area contributed by atoms with Gasteiger partial charge in [0.05, 0.1) is 10.4 Å². The highest BCUT2D eigenvalue weighted by atomic mass is 32.2. The number of carbonyl (C=O) groups is 3. The molecule has 3 saturated heterocycles. The molecule has 51 heavy (non-hydrogen) atoms. The number of carbonyl (C=O) groups excluding carboxylic acids is 3. The lowest BCUT2D eigenvalue weighted by molar-refractivity contribution is -0.120. The van der Waals surface area contributed by atoms with Gasteiger partial charge in [0.25, 0.3) is 0 Å². The van der Waals surface area contributed by atoms with Gasteiger partial charge < -0.3 is 15.0 Å². The molecule has 0 spiro atoms. The molecule has 1 unspecified atom stereocenters. The Balaban J connectivity index is 0.968. The molecule has 2 N–H and O–H groups in total. The standard InChI is InChI=1S/C37H51N7O6S/c1-25(22-26-6-9-30(10-7-26)51(48,49)43-19-14-29(15-20-43)38-36(47)50-37(2,3)4)24-42-17-12-27(13-18-42)28-8-11-31-32(23-28)41(5)40-34(31)44-21-16-33(45)39-35(44)46/h6-11,23,25,27,29H,12-22,24H2,1-5H3,(H,38,47)(H,39,45,46). The van der Waals surface area contributed by atoms with Gasteiger partial charge in [-0.25, -0.2) is 18.0 Å². The fourth-order valence-electron chi connectivity index (χ4n) is 7.49. The van der Waals surface area contributed by atoms with E-state index in [-0.39, 0.29) is 18.4 Å². The second kappa shape index (κ2) is 14.9. The first-order valence-electron chi connectivity index (χ1n) is 18.1. The van der Waals surface area contributed by atoms with Crippen molar-refractivity contribution in [2.75, 3.05) is 44.2 Å². The van der Waals surface area contributed by atoms with Crippen molar-refractivity contribution in [2.45, 2.75) is 88.7 Å². The maximum Gasteiger partial charge on any atom is 0.407 e. The molecule has 0 aliphatic carbocycles. The van der Waals surface area contributed by atoms with Gasteiger partial charge in [-0.1, -0.05) is 25.1 Å². The summed E-state index contributed by atoms with van der Waals surface area (Å²) in [5.41, 5.74) is 2.79. The lowest BCUT2D eigenvalue weighted by Crippen LogP contribution is -2.49. The van der Waals surface area contributed by atoms with Gasteiger partial charge in [-0.15, -0.1) is 0 Å². The van der Waals surface area contributed by atoms with Crippen molar-refractivity contribution in [3.8, 4) is 0 Å². The number of rotatable bonds is 9. The third-order valence-corrected chi connectivity index (χ3v) is 12.0. The molecule has 2 aromatic carbocycles. The van der Waals surface area contributed by atoms with Gasteiger partial charge in [-0.3, -0.25) is 19.7 Å². The fraction of sp³-hybridized carbons (Fsp3) is 0.568. The van der Waals surface area contributed by atoms with Gasteiger partial charge in [0.2, 0.25) is 15.9 Å². The number of sulfonamides is 1. The van der Waals surface area contributed by atoms with Crippen molar-refractivity contribution in [2.24, 2.45) is 13.0 Å². The first kappa shape index (κ1) is 36.8. The van der Waals surface area contributed by atoms with Gasteiger partial charge in [0.15, 0.2) is 5.82 Å². The van der Waals surface area contributed by atoms with E-state index in [0.29, 0.717) is 55.0 Å². The van der Waals surface area contributed by atoms with Crippen LogP contribution < -0.4 is 15.5 Å². The van der Waals surface area contributed by atoms with E-state index in [2.05, 4.69) is 45.8 Å². The molecule has 3 aliphatic rings. The third kappa shape index (κ3) is 8.73. The number of aryl methyl sites for hydroxylation is 1. The number of hydrogen-bond acceptors (Lipinski definition) is 8. The zero-order chi connectivity index (χ0) is 36.5. The van der Waals surface area contributed by atoms with Crippen LogP contribution in [0.2, 0.25) is 0 Å². The maximum absolute atomic E-state index is 13.4. The summed E-state index contributed by atoms with van der Waals surface area (Å²) < 4.78 is 35.4. The Kier molecular flexibility index (Phi) is 10.8. The van der Waals surface area contributed by atoms with Gasteiger partial charge >= 0.3 is 12.1 Å². The largest absolute Gasteiger partial charge is 0.444 e. The number of urea groups is 1. The van der Waals surface area contributed by atoms with Crippen LogP contribution in [-0.4, -0.2) is 96.3 Å². The summed E-state index contributed by atoms with van der Waals surface area (Å²) in [7, 11) is -1.73. The van der Waals surface area contributed by atoms with Crippen molar-refractivity contribution < 1.29 is 27.5 Å². The molecular weight excluding hydrogens is 671 g/mol. The number of hydrogen-bond donors (Lipinski definition) is 2. The summed E-state index contributed by atoms with van der Waals surface area (Å²) in [6.45, 7) is 11.7. The maximum atomic E-state index is 13.4. The Labute approximate surface area is 300 Å². The second-order valence-electron chi connectivity index (χ2n) is 15.3. The van der Waals surface area contributed by atoms with E-state index in [4.69, 9.17) is 4.74 Å². The number of alkyl carbamates (subject to hydrolysis) is 1. The van der Waals surface area contributed by atoms with Crippen molar-refractivity contribution in [3.63, 3.8) is 0 Å². The molecule has 3 aliphatic heterocycles. The molecule has 4 amide bonds. The first-order chi connectivity index (χ1) is 24.2. The number of nitrogens with zero attached hydrogens (tertiary/aromatic N) is 5. The topological polar surface area (TPSA) is 146 Å². The summed E-state index contributed by atoms with van der Waals surface area (Å²) in [4.78, 5) is 40.6. The summed E-state index contributed by atoms with van der Waals surface area (Å²) in [6.07, 6.45) is 3.84. The quantitative estimate of drug-likeness (QED) is 0.322. The van der Waals surface area contributed by atoms with Crippen LogP contribution >= 0.6 is 0 Å². The third-order valence-electron chi connectivity index (χ3n) is 10.1. The number of benzene rings is 2. The lowest BCUT2D eigenvalue weighted by atomic mass is 9.88. The van der Waals surface area contributed by atoms with Crippen LogP contribution in [0.1, 0.15) is 76.8 Å². The van der Waals surface area contributed by atoms with E-state index >= 15 is 0 Å². The van der Waals surface area contributed by atoms with Crippen LogP contribution in [0.5, 0.6) is 0 Å². The second-order valence-corrected chi connectivity index (χ2v) is 17.3. The minimum Gasteiger partial charge on any atom is -0.444 e. The van der Waals surface area contributed by atoms with E-state index < -0.39 is 27.7 Å². The molecule has 1 aromatic heterocycles. The summed E-state index contributed by atoms with van der Waals surface area (Å²) >= 11 is 0. The molecule has 0 bridgehead atoms. The predicted octanol–water partition coefficient (Wildman–Crippen LogP) is 4.76. The predicted molar refractivity (Wildman–Crippen MR) is 195 cm³/mol. The molecular formula is C37H51N7O6S. The zero-order valence-corrected chi connectivity index (χ0v) is 31.2. The Morgan fingerprint density at radius 2 is 1.69 bits per heavy atom. The Bertz CT molecular complexity index is 1850. The number of piperidine rings is 2. The molecule has 4 heterocycles. The highest BCUT2D eigenvalue weighted by Gasteiger charge is 2.32. The Morgan fingerprint density at radius 3 is 2.33 bits per heavy atom. The molecule has 276 valence electrons. The number of ether oxygens (including phenoxy) is 1. The van der Waals surface area contributed by atoms with Gasteiger partial charge in [-0.2, -0.15) is 9.40 Å². The number of aromatic nitrogens is 2. The van der Waals surface area contributed by atoms with Gasteiger partial charge in [0, 0.05) is 51.1 Å². The molecule has 0 radical (unpaired) electrons. The highest BCUT2D eigenvalue weighted by molar-refractivity contribution is 7.89. The molecule has 6 rings (SSSR count). The van der Waals surface area contributed by atoms with Crippen LogP contribution in [0.15, 0.2) is 47.4 Å². The van der Waals surface area contributed by atoms with Gasteiger partial charge in [0.1, 0.15) is 5.60 Å². The van der Waals surface area contributed by atoms with E-state index in [1.165, 1.54) is 9.87 Å². The van der Waals surface area contributed by atoms with E-state index in [1.807, 2.05) is 44.6 Å².